The summed E-state index contributed by atoms with van der Waals surface area (Å²) < 4.78 is 27.2. The number of rotatable bonds is 5. The molecule has 3 heterocycles. The first-order valence-electron chi connectivity index (χ1n) is 9.73. The first kappa shape index (κ1) is 19.7. The Labute approximate surface area is 184 Å². The Bertz CT molecular complexity index is 1530. The lowest BCUT2D eigenvalue weighted by molar-refractivity contribution is 0.589. The fraction of sp³-hybridized carbons (Fsp3) is 0. The molecule has 0 saturated heterocycles. The van der Waals surface area contributed by atoms with Gasteiger partial charge in [0.1, 0.15) is 12.1 Å². The molecular formula is C23H18N6O2S. The van der Waals surface area contributed by atoms with Crippen LogP contribution >= 0.6 is 0 Å². The zero-order chi connectivity index (χ0) is 22.1. The molecule has 0 bridgehead atoms. The van der Waals surface area contributed by atoms with Crippen molar-refractivity contribution in [2.75, 3.05) is 11.1 Å². The van der Waals surface area contributed by atoms with E-state index in [1.54, 1.807) is 48.7 Å². The molecule has 0 aliphatic rings. The molecule has 0 unspecified atom stereocenters. The van der Waals surface area contributed by atoms with Crippen LogP contribution in [0.2, 0.25) is 0 Å². The van der Waals surface area contributed by atoms with E-state index in [1.165, 1.54) is 16.5 Å². The highest BCUT2D eigenvalue weighted by Crippen LogP contribution is 2.26. The van der Waals surface area contributed by atoms with Crippen LogP contribution in [0.4, 0.5) is 17.2 Å². The second kappa shape index (κ2) is 7.78. The summed E-state index contributed by atoms with van der Waals surface area (Å²) >= 11 is 0. The summed E-state index contributed by atoms with van der Waals surface area (Å²) in [4.78, 5) is 13.2. The minimum absolute atomic E-state index is 0.205. The number of nitrogen functional groups attached to an aromatic ring is 1. The molecule has 0 saturated carbocycles. The molecule has 5 rings (SSSR count). The topological polar surface area (TPSA) is 116 Å². The van der Waals surface area contributed by atoms with Crippen LogP contribution < -0.4 is 11.1 Å². The van der Waals surface area contributed by atoms with E-state index in [2.05, 4.69) is 20.3 Å². The monoisotopic (exact) mass is 442 g/mol. The molecule has 0 aliphatic heterocycles. The molecule has 0 radical (unpaired) electrons. The molecule has 3 N–H and O–H groups in total. The number of fused-ring (bicyclic) bond motifs is 1. The zero-order valence-electron chi connectivity index (χ0n) is 16.8. The van der Waals surface area contributed by atoms with Gasteiger partial charge in [0.05, 0.1) is 10.6 Å². The molecule has 0 amide bonds. The summed E-state index contributed by atoms with van der Waals surface area (Å²) in [6.07, 6.45) is 4.57. The largest absolute Gasteiger partial charge is 0.399 e. The third-order valence-corrected chi connectivity index (χ3v) is 6.60. The second-order valence-corrected chi connectivity index (χ2v) is 8.92. The highest BCUT2D eigenvalue weighted by Gasteiger charge is 2.19. The summed E-state index contributed by atoms with van der Waals surface area (Å²) in [6.45, 7) is 0. The molecule has 0 aliphatic carbocycles. The van der Waals surface area contributed by atoms with Crippen LogP contribution in [0.3, 0.4) is 0 Å². The molecule has 158 valence electrons. The maximum absolute atomic E-state index is 13.0. The molecule has 5 aromatic rings. The summed E-state index contributed by atoms with van der Waals surface area (Å²) in [5.41, 5.74) is 9.03. The number of hydrogen-bond donors (Lipinski definition) is 2. The quantitative estimate of drug-likeness (QED) is 0.394. The number of anilines is 3. The molecule has 8 nitrogen and oxygen atoms in total. The van der Waals surface area contributed by atoms with Gasteiger partial charge >= 0.3 is 0 Å². The van der Waals surface area contributed by atoms with Gasteiger partial charge in [0.25, 0.3) is 10.0 Å². The molecule has 0 spiro atoms. The molecule has 2 aromatic carbocycles. The number of hydrogen-bond acceptors (Lipinski definition) is 7. The number of pyridine rings is 1. The van der Waals surface area contributed by atoms with Crippen molar-refractivity contribution in [3.05, 3.63) is 91.5 Å². The molecule has 9 heteroatoms. The Hall–Kier alpha value is -4.24. The van der Waals surface area contributed by atoms with E-state index in [-0.39, 0.29) is 4.90 Å². The van der Waals surface area contributed by atoms with Crippen molar-refractivity contribution >= 4 is 38.2 Å². The lowest BCUT2D eigenvalue weighted by Crippen LogP contribution is -2.12. The minimum atomic E-state index is -3.74. The van der Waals surface area contributed by atoms with E-state index in [9.17, 15) is 8.42 Å². The lowest BCUT2D eigenvalue weighted by Gasteiger charge is -2.09. The fourth-order valence-corrected chi connectivity index (χ4v) is 4.72. The Kier molecular flexibility index (Phi) is 4.79. The maximum atomic E-state index is 13.0. The van der Waals surface area contributed by atoms with Gasteiger partial charge < -0.3 is 11.1 Å². The van der Waals surface area contributed by atoms with Crippen molar-refractivity contribution in [1.82, 2.24) is 18.9 Å². The Morgan fingerprint density at radius 2 is 1.72 bits per heavy atom. The van der Waals surface area contributed by atoms with Crippen molar-refractivity contribution in [3.8, 4) is 11.3 Å². The molecular weight excluding hydrogens is 424 g/mol. The van der Waals surface area contributed by atoms with E-state index in [0.29, 0.717) is 28.2 Å². The summed E-state index contributed by atoms with van der Waals surface area (Å²) in [5.74, 6) is 0.602. The van der Waals surface area contributed by atoms with Crippen LogP contribution in [-0.2, 0) is 10.0 Å². The Morgan fingerprint density at radius 1 is 0.875 bits per heavy atom. The van der Waals surface area contributed by atoms with Crippen LogP contribution in [0.5, 0.6) is 0 Å². The van der Waals surface area contributed by atoms with Crippen molar-refractivity contribution in [2.45, 2.75) is 4.90 Å². The number of aromatic nitrogens is 4. The number of benzene rings is 2. The predicted molar refractivity (Wildman–Crippen MR) is 124 cm³/mol. The highest BCUT2D eigenvalue weighted by atomic mass is 32.2. The van der Waals surface area contributed by atoms with Crippen LogP contribution in [-0.4, -0.2) is 27.3 Å². The minimum Gasteiger partial charge on any atom is -0.399 e. The average molecular weight is 443 g/mol. The lowest BCUT2D eigenvalue weighted by atomic mass is 10.1. The van der Waals surface area contributed by atoms with Crippen molar-refractivity contribution in [2.24, 2.45) is 0 Å². The third kappa shape index (κ3) is 3.65. The van der Waals surface area contributed by atoms with Gasteiger partial charge in [-0.15, -0.1) is 0 Å². The standard InChI is InChI=1S/C23H18N6O2S/c24-18-5-4-6-19(12-18)28-22-13-21(26-15-27-22)17-11-16-9-10-29(23(16)25-14-17)32(30,31)20-7-2-1-3-8-20/h1-15H,24H2,(H,26,27,28). The van der Waals surface area contributed by atoms with Gasteiger partial charge in [-0.05, 0) is 42.5 Å². The van der Waals surface area contributed by atoms with E-state index < -0.39 is 10.0 Å². The van der Waals surface area contributed by atoms with E-state index in [1.807, 2.05) is 30.3 Å². The first-order chi connectivity index (χ1) is 15.5. The fourth-order valence-electron chi connectivity index (χ4n) is 3.39. The van der Waals surface area contributed by atoms with Crippen LogP contribution in [0.15, 0.2) is 96.4 Å². The van der Waals surface area contributed by atoms with Crippen molar-refractivity contribution in [1.29, 1.82) is 0 Å². The number of nitrogens with one attached hydrogen (secondary N) is 1. The third-order valence-electron chi connectivity index (χ3n) is 4.92. The van der Waals surface area contributed by atoms with Gasteiger partial charge in [-0.2, -0.15) is 0 Å². The second-order valence-electron chi connectivity index (χ2n) is 7.11. The van der Waals surface area contributed by atoms with Crippen LogP contribution in [0.25, 0.3) is 22.3 Å². The SMILES string of the molecule is Nc1cccc(Nc2cc(-c3cnc4c(ccn4S(=O)(=O)c4ccccc4)c3)ncn2)c1. The van der Waals surface area contributed by atoms with E-state index in [4.69, 9.17) is 5.73 Å². The number of nitrogens with two attached hydrogens (primary N) is 1. The van der Waals surface area contributed by atoms with Gasteiger partial charge in [0, 0.05) is 40.8 Å². The summed E-state index contributed by atoms with van der Waals surface area (Å²) in [6, 6.07) is 21.0. The number of nitrogens with zero attached hydrogens (tertiary/aromatic N) is 4. The molecule has 32 heavy (non-hydrogen) atoms. The smallest absolute Gasteiger partial charge is 0.269 e. The summed E-state index contributed by atoms with van der Waals surface area (Å²) in [5, 5.41) is 3.89. The Balaban J connectivity index is 1.49. The van der Waals surface area contributed by atoms with Gasteiger partial charge in [-0.25, -0.2) is 27.3 Å². The predicted octanol–water partition coefficient (Wildman–Crippen LogP) is 4.06. The van der Waals surface area contributed by atoms with E-state index >= 15 is 0 Å². The molecule has 0 atom stereocenters. The van der Waals surface area contributed by atoms with Gasteiger partial charge in [0.15, 0.2) is 5.65 Å². The van der Waals surface area contributed by atoms with Crippen molar-refractivity contribution in [3.63, 3.8) is 0 Å². The highest BCUT2D eigenvalue weighted by molar-refractivity contribution is 7.90. The average Bonchev–Trinajstić information content (AvgIpc) is 3.24. The van der Waals surface area contributed by atoms with Crippen LogP contribution in [0.1, 0.15) is 0 Å². The van der Waals surface area contributed by atoms with E-state index in [0.717, 1.165) is 11.3 Å². The first-order valence-corrected chi connectivity index (χ1v) is 11.2. The molecule has 3 aromatic heterocycles. The van der Waals surface area contributed by atoms with Gasteiger partial charge in [0.2, 0.25) is 0 Å². The Morgan fingerprint density at radius 3 is 2.53 bits per heavy atom. The molecule has 0 fully saturated rings. The van der Waals surface area contributed by atoms with Crippen molar-refractivity contribution < 1.29 is 8.42 Å². The summed E-state index contributed by atoms with van der Waals surface area (Å²) in [7, 11) is -3.74. The maximum Gasteiger partial charge on any atom is 0.269 e. The normalized spacial score (nSPS) is 11.5. The van der Waals surface area contributed by atoms with Crippen LogP contribution in [0, 0.1) is 0 Å². The zero-order valence-corrected chi connectivity index (χ0v) is 17.6. The van der Waals surface area contributed by atoms with Gasteiger partial charge in [-0.3, -0.25) is 0 Å². The van der Waals surface area contributed by atoms with Gasteiger partial charge in [-0.1, -0.05) is 24.3 Å².